The van der Waals surface area contributed by atoms with E-state index in [9.17, 15) is 0 Å². The molecule has 0 aromatic rings. The van der Waals surface area contributed by atoms with E-state index in [0.717, 1.165) is 12.8 Å². The molecular formula is C8H13N3. The molecule has 3 heteroatoms. The lowest BCUT2D eigenvalue weighted by Gasteiger charge is -2.00. The van der Waals surface area contributed by atoms with Crippen molar-refractivity contribution in [2.24, 2.45) is 11.0 Å². The van der Waals surface area contributed by atoms with Gasteiger partial charge in [-0.25, -0.2) is 0 Å². The summed E-state index contributed by atoms with van der Waals surface area (Å²) in [5.41, 5.74) is 8.15. The van der Waals surface area contributed by atoms with E-state index < -0.39 is 0 Å². The number of nitrogens with zero attached hydrogens (tertiary/aromatic N) is 3. The Kier molecular flexibility index (Phi) is 2.20. The van der Waals surface area contributed by atoms with Crippen LogP contribution in [0.15, 0.2) is 17.3 Å². The lowest BCUT2D eigenvalue weighted by molar-refractivity contribution is 0.678. The van der Waals surface area contributed by atoms with E-state index in [4.69, 9.17) is 5.53 Å². The van der Waals surface area contributed by atoms with Crippen LogP contribution in [0.3, 0.4) is 0 Å². The van der Waals surface area contributed by atoms with Crippen LogP contribution >= 0.6 is 0 Å². The average molecular weight is 151 g/mol. The highest BCUT2D eigenvalue weighted by Gasteiger charge is 2.50. The normalized spacial score (nSPS) is 35.3. The van der Waals surface area contributed by atoms with Crippen LogP contribution in [-0.4, -0.2) is 5.54 Å². The smallest absolute Gasteiger partial charge is 0.0699 e. The van der Waals surface area contributed by atoms with Crippen molar-refractivity contribution in [3.05, 3.63) is 22.6 Å². The Morgan fingerprint density at radius 2 is 2.55 bits per heavy atom. The molecule has 3 nitrogen and oxygen atoms in total. The molecule has 0 bridgehead atoms. The van der Waals surface area contributed by atoms with E-state index in [1.807, 2.05) is 19.1 Å². The maximum Gasteiger partial charge on any atom is 0.0699 e. The Bertz CT molecular complexity index is 215. The molecule has 0 heterocycles. The van der Waals surface area contributed by atoms with Crippen LogP contribution < -0.4 is 0 Å². The number of hydrogen-bond donors (Lipinski definition) is 0. The summed E-state index contributed by atoms with van der Waals surface area (Å²) in [6.45, 7) is 4.09. The third-order valence-corrected chi connectivity index (χ3v) is 2.30. The van der Waals surface area contributed by atoms with Crippen LogP contribution in [0.2, 0.25) is 0 Å². The topological polar surface area (TPSA) is 48.8 Å². The van der Waals surface area contributed by atoms with Gasteiger partial charge in [-0.1, -0.05) is 30.6 Å². The third-order valence-electron chi connectivity index (χ3n) is 2.30. The van der Waals surface area contributed by atoms with Gasteiger partial charge in [0.2, 0.25) is 0 Å². The fourth-order valence-electron chi connectivity index (χ4n) is 1.57. The largest absolute Gasteiger partial charge is 0.0910 e. The maximum atomic E-state index is 8.31. The zero-order valence-corrected chi connectivity index (χ0v) is 6.99. The summed E-state index contributed by atoms with van der Waals surface area (Å²) in [6, 6.07) is 0. The van der Waals surface area contributed by atoms with Gasteiger partial charge in [0.05, 0.1) is 5.54 Å². The Balaban J connectivity index is 2.70. The van der Waals surface area contributed by atoms with Crippen LogP contribution in [0.4, 0.5) is 0 Å². The van der Waals surface area contributed by atoms with Gasteiger partial charge in [0.25, 0.3) is 0 Å². The van der Waals surface area contributed by atoms with Gasteiger partial charge in [0, 0.05) is 4.91 Å². The van der Waals surface area contributed by atoms with Crippen molar-refractivity contribution in [2.75, 3.05) is 0 Å². The summed E-state index contributed by atoms with van der Waals surface area (Å²) in [6.07, 6.45) is 6.10. The first-order chi connectivity index (χ1) is 5.29. The van der Waals surface area contributed by atoms with E-state index in [2.05, 4.69) is 16.9 Å². The molecule has 11 heavy (non-hydrogen) atoms. The standard InChI is InChI=1S/C8H13N3/c1-3-5-8(10-11-9)6-7(8)4-2/h3,5,7H,4,6H2,1-2H3/b5-3+/t7-,8+/m1/s1. The van der Waals surface area contributed by atoms with Gasteiger partial charge < -0.3 is 0 Å². The molecular weight excluding hydrogens is 138 g/mol. The first-order valence-corrected chi connectivity index (χ1v) is 3.99. The predicted molar refractivity (Wildman–Crippen MR) is 45.1 cm³/mol. The summed E-state index contributed by atoms with van der Waals surface area (Å²) in [5, 5.41) is 3.80. The maximum absolute atomic E-state index is 8.31. The van der Waals surface area contributed by atoms with Gasteiger partial charge in [0.1, 0.15) is 0 Å². The van der Waals surface area contributed by atoms with Crippen molar-refractivity contribution in [1.29, 1.82) is 0 Å². The second-order valence-electron chi connectivity index (χ2n) is 2.99. The Morgan fingerprint density at radius 1 is 1.82 bits per heavy atom. The van der Waals surface area contributed by atoms with E-state index in [1.54, 1.807) is 0 Å². The van der Waals surface area contributed by atoms with E-state index in [0.29, 0.717) is 5.92 Å². The van der Waals surface area contributed by atoms with Crippen LogP contribution in [0.1, 0.15) is 26.7 Å². The second-order valence-corrected chi connectivity index (χ2v) is 2.99. The van der Waals surface area contributed by atoms with Gasteiger partial charge in [0.15, 0.2) is 0 Å². The lowest BCUT2D eigenvalue weighted by atomic mass is 10.2. The highest BCUT2D eigenvalue weighted by atomic mass is 15.2. The Labute approximate surface area is 66.7 Å². The van der Waals surface area contributed by atoms with Crippen molar-refractivity contribution in [2.45, 2.75) is 32.2 Å². The fraction of sp³-hybridized carbons (Fsp3) is 0.750. The summed E-state index contributed by atoms with van der Waals surface area (Å²) >= 11 is 0. The second kappa shape index (κ2) is 2.97. The summed E-state index contributed by atoms with van der Waals surface area (Å²) < 4.78 is 0. The molecule has 0 saturated heterocycles. The SMILES string of the molecule is C/C=C/[C@]1(N=[N+]=[N-])C[C@H]1CC. The highest BCUT2D eigenvalue weighted by molar-refractivity contribution is 5.21. The predicted octanol–water partition coefficient (Wildman–Crippen LogP) is 3.04. The van der Waals surface area contributed by atoms with Crippen LogP contribution in [0.5, 0.6) is 0 Å². The quantitative estimate of drug-likeness (QED) is 0.257. The molecule has 0 amide bonds. The van der Waals surface area contributed by atoms with Crippen molar-refractivity contribution < 1.29 is 0 Å². The van der Waals surface area contributed by atoms with Crippen molar-refractivity contribution in [3.8, 4) is 0 Å². The summed E-state index contributed by atoms with van der Waals surface area (Å²) in [5.74, 6) is 0.578. The lowest BCUT2D eigenvalue weighted by Crippen LogP contribution is -2.01. The minimum Gasteiger partial charge on any atom is -0.0910 e. The molecule has 1 fully saturated rings. The van der Waals surface area contributed by atoms with Gasteiger partial charge in [-0.2, -0.15) is 0 Å². The summed E-state index contributed by atoms with van der Waals surface area (Å²) in [7, 11) is 0. The molecule has 0 spiro atoms. The highest BCUT2D eigenvalue weighted by Crippen LogP contribution is 2.50. The van der Waals surface area contributed by atoms with Crippen molar-refractivity contribution >= 4 is 0 Å². The first kappa shape index (κ1) is 8.15. The number of allylic oxidation sites excluding steroid dienone is 1. The van der Waals surface area contributed by atoms with E-state index in [-0.39, 0.29) is 5.54 Å². The molecule has 2 atom stereocenters. The monoisotopic (exact) mass is 151 g/mol. The van der Waals surface area contributed by atoms with Crippen LogP contribution in [0, 0.1) is 5.92 Å². The third kappa shape index (κ3) is 1.38. The average Bonchev–Trinajstić information content (AvgIpc) is 2.65. The number of rotatable bonds is 3. The minimum atomic E-state index is -0.155. The zero-order chi connectivity index (χ0) is 8.32. The summed E-state index contributed by atoms with van der Waals surface area (Å²) in [4.78, 5) is 2.86. The number of hydrogen-bond acceptors (Lipinski definition) is 1. The van der Waals surface area contributed by atoms with Gasteiger partial charge in [-0.3, -0.25) is 0 Å². The Morgan fingerprint density at radius 3 is 2.91 bits per heavy atom. The fourth-order valence-corrected chi connectivity index (χ4v) is 1.57. The molecule has 0 aliphatic heterocycles. The van der Waals surface area contributed by atoms with Crippen LogP contribution in [0.25, 0.3) is 10.4 Å². The molecule has 1 aliphatic rings. The van der Waals surface area contributed by atoms with Crippen molar-refractivity contribution in [1.82, 2.24) is 0 Å². The molecule has 1 saturated carbocycles. The van der Waals surface area contributed by atoms with Crippen LogP contribution in [-0.2, 0) is 0 Å². The Hall–Kier alpha value is -0.950. The minimum absolute atomic E-state index is 0.155. The molecule has 0 radical (unpaired) electrons. The molecule has 1 aliphatic carbocycles. The first-order valence-electron chi connectivity index (χ1n) is 3.99. The molecule has 60 valence electrons. The van der Waals surface area contributed by atoms with Crippen molar-refractivity contribution in [3.63, 3.8) is 0 Å². The van der Waals surface area contributed by atoms with E-state index in [1.165, 1.54) is 0 Å². The molecule has 0 N–H and O–H groups in total. The molecule has 0 unspecified atom stereocenters. The number of azide groups is 1. The molecule has 0 aromatic heterocycles. The molecule has 0 aromatic carbocycles. The van der Waals surface area contributed by atoms with Gasteiger partial charge in [-0.15, -0.1) is 0 Å². The zero-order valence-electron chi connectivity index (χ0n) is 6.99. The van der Waals surface area contributed by atoms with E-state index >= 15 is 0 Å². The van der Waals surface area contributed by atoms with Gasteiger partial charge >= 0.3 is 0 Å². The van der Waals surface area contributed by atoms with Gasteiger partial charge in [-0.05, 0) is 24.8 Å². The molecule has 1 rings (SSSR count).